The summed E-state index contributed by atoms with van der Waals surface area (Å²) in [5.74, 6) is 0.0464. The van der Waals surface area contributed by atoms with E-state index in [1.165, 1.54) is 0 Å². The van der Waals surface area contributed by atoms with Gasteiger partial charge in [-0.2, -0.15) is 8.42 Å². The zero-order valence-electron chi connectivity index (χ0n) is 20.3. The number of ether oxygens (including phenoxy) is 1. The molecule has 190 valence electrons. The van der Waals surface area contributed by atoms with Gasteiger partial charge in [0.1, 0.15) is 5.75 Å². The Labute approximate surface area is 221 Å². The van der Waals surface area contributed by atoms with Gasteiger partial charge in [-0.1, -0.05) is 48.5 Å². The van der Waals surface area contributed by atoms with Crippen molar-refractivity contribution in [3.05, 3.63) is 90.5 Å². The second-order valence-corrected chi connectivity index (χ2v) is 12.9. The number of amides is 1. The molecule has 1 aliphatic heterocycles. The molecule has 0 bridgehead atoms. The molecule has 6 nitrogen and oxygen atoms in total. The maximum absolute atomic E-state index is 13.4. The Morgan fingerprint density at radius 3 is 1.89 bits per heavy atom. The predicted octanol–water partition coefficient (Wildman–Crippen LogP) is 5.30. The van der Waals surface area contributed by atoms with Gasteiger partial charge in [0, 0.05) is 16.3 Å². The molecular weight excluding hydrogens is 515 g/mol. The van der Waals surface area contributed by atoms with Crippen molar-refractivity contribution in [2.24, 2.45) is 5.92 Å². The fourth-order valence-electron chi connectivity index (χ4n) is 4.27. The largest absolute Gasteiger partial charge is 0.497 e. The third kappa shape index (κ3) is 6.64. The topological polar surface area (TPSA) is 72.9 Å². The fraction of sp³-hybridized carbons (Fsp3) is 0.296. The van der Waals surface area contributed by atoms with Crippen LogP contribution >= 0.6 is 23.5 Å². The van der Waals surface area contributed by atoms with E-state index in [4.69, 9.17) is 8.92 Å². The zero-order chi connectivity index (χ0) is 25.7. The molecule has 1 saturated heterocycles. The first-order chi connectivity index (χ1) is 17.2. The maximum Gasteiger partial charge on any atom is 0.264 e. The molecule has 0 aromatic heterocycles. The molecule has 1 fully saturated rings. The molecule has 36 heavy (non-hydrogen) atoms. The van der Waals surface area contributed by atoms with Gasteiger partial charge < -0.3 is 9.64 Å². The van der Waals surface area contributed by atoms with Gasteiger partial charge in [0.05, 0.1) is 36.0 Å². The van der Waals surface area contributed by atoms with Gasteiger partial charge in [0.25, 0.3) is 10.1 Å². The second kappa shape index (κ2) is 11.7. The second-order valence-electron chi connectivity index (χ2n) is 8.57. The Morgan fingerprint density at radius 2 is 1.42 bits per heavy atom. The van der Waals surface area contributed by atoms with Crippen LogP contribution in [0.1, 0.15) is 12.5 Å². The van der Waals surface area contributed by atoms with Gasteiger partial charge in [0.15, 0.2) is 0 Å². The third-order valence-electron chi connectivity index (χ3n) is 5.91. The molecule has 1 amide bonds. The normalized spacial score (nSPS) is 18.7. The summed E-state index contributed by atoms with van der Waals surface area (Å²) in [6.07, 6.45) is 0.242. The van der Waals surface area contributed by atoms with Crippen LogP contribution in [0.2, 0.25) is 0 Å². The van der Waals surface area contributed by atoms with E-state index in [1.807, 2.05) is 89.8 Å². The summed E-state index contributed by atoms with van der Waals surface area (Å²) >= 11 is 3.35. The van der Waals surface area contributed by atoms with E-state index >= 15 is 0 Å². The summed E-state index contributed by atoms with van der Waals surface area (Å²) in [7, 11) is -2.10. The van der Waals surface area contributed by atoms with Crippen LogP contribution < -0.4 is 4.74 Å². The van der Waals surface area contributed by atoms with E-state index in [9.17, 15) is 13.2 Å². The van der Waals surface area contributed by atoms with Crippen LogP contribution in [0, 0.1) is 5.92 Å². The van der Waals surface area contributed by atoms with Gasteiger partial charge >= 0.3 is 0 Å². The number of nitrogens with zero attached hydrogens (tertiary/aromatic N) is 1. The number of methoxy groups -OCH3 is 1. The van der Waals surface area contributed by atoms with Crippen molar-refractivity contribution in [2.45, 2.75) is 40.0 Å². The highest BCUT2D eigenvalue weighted by molar-refractivity contribution is 8.17. The molecule has 0 aliphatic carbocycles. The minimum absolute atomic E-state index is 0.0960. The summed E-state index contributed by atoms with van der Waals surface area (Å²) < 4.78 is 34.3. The Balaban J connectivity index is 1.68. The van der Waals surface area contributed by atoms with Crippen LogP contribution in [0.5, 0.6) is 5.75 Å². The Kier molecular flexibility index (Phi) is 8.66. The number of β-lactam (4-membered cyclic amide) rings is 1. The highest BCUT2D eigenvalue weighted by Crippen LogP contribution is 2.47. The summed E-state index contributed by atoms with van der Waals surface area (Å²) in [5, 5.41) is 0. The minimum atomic E-state index is -3.72. The van der Waals surface area contributed by atoms with Gasteiger partial charge in [-0.3, -0.25) is 8.98 Å². The molecule has 3 aromatic carbocycles. The monoisotopic (exact) mass is 543 g/mol. The van der Waals surface area contributed by atoms with Crippen LogP contribution in [0.25, 0.3) is 0 Å². The van der Waals surface area contributed by atoms with Crippen LogP contribution in [0.15, 0.2) is 94.7 Å². The van der Waals surface area contributed by atoms with Crippen molar-refractivity contribution in [3.8, 4) is 5.75 Å². The molecule has 1 heterocycles. The van der Waals surface area contributed by atoms with Crippen molar-refractivity contribution in [2.75, 3.05) is 13.4 Å². The highest BCUT2D eigenvalue weighted by atomic mass is 32.2. The standard InChI is InChI=1S/C27H29NO5S3/c1-19(33-36(3,30)31)24-25(28(26(24)29)18-20-14-16-21(32-2)17-15-20)27(34-22-10-6-4-7-11-22)35-23-12-8-5-9-13-23/h4-17,19,24-25,27H,18H2,1-3H3/t19-,24+,25-/m1/s1. The molecule has 0 N–H and O–H groups in total. The van der Waals surface area contributed by atoms with Crippen LogP contribution in [-0.2, 0) is 25.6 Å². The molecule has 9 heteroatoms. The number of hydrogen-bond acceptors (Lipinski definition) is 7. The lowest BCUT2D eigenvalue weighted by atomic mass is 9.83. The predicted molar refractivity (Wildman–Crippen MR) is 145 cm³/mol. The lowest BCUT2D eigenvalue weighted by Crippen LogP contribution is -2.67. The van der Waals surface area contributed by atoms with Crippen molar-refractivity contribution < 1.29 is 22.1 Å². The van der Waals surface area contributed by atoms with Crippen LogP contribution in [-0.4, -0.2) is 49.3 Å². The van der Waals surface area contributed by atoms with Gasteiger partial charge in [-0.05, 0) is 48.9 Å². The van der Waals surface area contributed by atoms with E-state index in [0.29, 0.717) is 6.54 Å². The first kappa shape index (κ1) is 26.6. The molecule has 1 aliphatic rings. The molecule has 3 atom stereocenters. The Hall–Kier alpha value is -2.46. The molecule has 4 rings (SSSR count). The summed E-state index contributed by atoms with van der Waals surface area (Å²) in [5.41, 5.74) is 0.970. The number of benzene rings is 3. The first-order valence-electron chi connectivity index (χ1n) is 11.5. The van der Waals surface area contributed by atoms with E-state index in [-0.39, 0.29) is 16.5 Å². The molecule has 3 aromatic rings. The van der Waals surface area contributed by atoms with Crippen molar-refractivity contribution in [1.29, 1.82) is 0 Å². The van der Waals surface area contributed by atoms with Crippen molar-refractivity contribution >= 4 is 39.5 Å². The number of thioether (sulfide) groups is 2. The molecular formula is C27H29NO5S3. The van der Waals surface area contributed by atoms with Crippen molar-refractivity contribution in [3.63, 3.8) is 0 Å². The number of carbonyl (C=O) groups is 1. The molecule has 0 spiro atoms. The summed E-state index contributed by atoms with van der Waals surface area (Å²) in [4.78, 5) is 17.4. The highest BCUT2D eigenvalue weighted by Gasteiger charge is 2.54. The van der Waals surface area contributed by atoms with Gasteiger partial charge in [-0.15, -0.1) is 23.5 Å². The van der Waals surface area contributed by atoms with Gasteiger partial charge in [0.2, 0.25) is 5.91 Å². The van der Waals surface area contributed by atoms with E-state index < -0.39 is 22.1 Å². The first-order valence-corrected chi connectivity index (χ1v) is 15.1. The molecule has 0 saturated carbocycles. The number of carbonyl (C=O) groups excluding carboxylic acids is 1. The number of likely N-dealkylation sites (tertiary alicyclic amines) is 1. The van der Waals surface area contributed by atoms with E-state index in [2.05, 4.69) is 0 Å². The quantitative estimate of drug-likeness (QED) is 0.141. The third-order valence-corrected chi connectivity index (χ3v) is 9.25. The molecule has 0 radical (unpaired) electrons. The average Bonchev–Trinajstić information content (AvgIpc) is 2.85. The van der Waals surface area contributed by atoms with E-state index in [1.54, 1.807) is 37.6 Å². The summed E-state index contributed by atoms with van der Waals surface area (Å²) in [6.45, 7) is 2.08. The van der Waals surface area contributed by atoms with Crippen molar-refractivity contribution in [1.82, 2.24) is 4.90 Å². The average molecular weight is 544 g/mol. The molecule has 0 unspecified atom stereocenters. The smallest absolute Gasteiger partial charge is 0.264 e. The van der Waals surface area contributed by atoms with E-state index in [0.717, 1.165) is 27.4 Å². The number of rotatable bonds is 11. The zero-order valence-corrected chi connectivity index (χ0v) is 22.8. The SMILES string of the molecule is COc1ccc(CN2C(=O)[C@@H]([C@@H](C)OS(C)(=O)=O)[C@@H]2C(Sc2ccccc2)Sc2ccccc2)cc1. The Bertz CT molecular complexity index is 1210. The maximum atomic E-state index is 13.4. The lowest BCUT2D eigenvalue weighted by Gasteiger charge is -2.51. The Morgan fingerprint density at radius 1 is 0.889 bits per heavy atom. The summed E-state index contributed by atoms with van der Waals surface area (Å²) in [6, 6.07) is 27.4. The fourth-order valence-corrected chi connectivity index (χ4v) is 7.87. The number of hydrogen-bond donors (Lipinski definition) is 0. The van der Waals surface area contributed by atoms with Crippen LogP contribution in [0.3, 0.4) is 0 Å². The van der Waals surface area contributed by atoms with Crippen LogP contribution in [0.4, 0.5) is 0 Å². The lowest BCUT2D eigenvalue weighted by molar-refractivity contribution is -0.162. The minimum Gasteiger partial charge on any atom is -0.497 e. The van der Waals surface area contributed by atoms with Gasteiger partial charge in [-0.25, -0.2) is 0 Å².